The number of hydrogen-bond donors (Lipinski definition) is 0. The van der Waals surface area contributed by atoms with E-state index >= 15 is 0 Å². The van der Waals surface area contributed by atoms with E-state index in [1.807, 2.05) is 0 Å². The van der Waals surface area contributed by atoms with E-state index in [1.54, 1.807) is 0 Å². The maximum absolute atomic E-state index is 8.46. The van der Waals surface area contributed by atoms with E-state index in [0.29, 0.717) is 10.9 Å². The Labute approximate surface area is 48.6 Å². The van der Waals surface area contributed by atoms with Crippen molar-refractivity contribution >= 4 is 19.6 Å². The lowest BCUT2D eigenvalue weighted by molar-refractivity contribution is -0.154. The molecule has 0 spiro atoms. The van der Waals surface area contributed by atoms with Crippen LogP contribution in [0.15, 0.2) is 0 Å². The molecule has 0 aromatic rings. The van der Waals surface area contributed by atoms with Gasteiger partial charge in [-0.1, -0.05) is 0 Å². The molecule has 0 aromatic carbocycles. The Hall–Kier alpha value is 0.540. The van der Waals surface area contributed by atoms with E-state index in [-0.39, 0.29) is 0 Å². The van der Waals surface area contributed by atoms with Crippen molar-refractivity contribution in [1.29, 1.82) is 0 Å². The second kappa shape index (κ2) is 9.74. The van der Waals surface area contributed by atoms with Gasteiger partial charge >= 0.3 is 0 Å². The quantitative estimate of drug-likeness (QED) is 0.338. The van der Waals surface area contributed by atoms with E-state index in [1.165, 1.54) is 0 Å². The van der Waals surface area contributed by atoms with Gasteiger partial charge in [0.05, 0.1) is 18.8 Å². The van der Waals surface area contributed by atoms with Gasteiger partial charge in [0.2, 0.25) is 0 Å². The molecule has 1 unspecified atom stereocenters. The van der Waals surface area contributed by atoms with Gasteiger partial charge in [-0.2, -0.15) is 0 Å². The molecule has 0 N–H and O–H groups in total. The van der Waals surface area contributed by atoms with E-state index in [9.17, 15) is 0 Å². The van der Waals surface area contributed by atoms with Crippen molar-refractivity contribution in [3.8, 4) is 0 Å². The highest BCUT2D eigenvalue weighted by atomic mass is 32.2. The third-order valence-electron chi connectivity index (χ3n) is 0. The van der Waals surface area contributed by atoms with Crippen molar-refractivity contribution in [1.82, 2.24) is 0 Å². The van der Waals surface area contributed by atoms with Crippen LogP contribution in [0.25, 0.3) is 0 Å². The average Bonchev–Trinajstić information content (AvgIpc) is 1.33. The van der Waals surface area contributed by atoms with Crippen molar-refractivity contribution in [2.75, 3.05) is 18.8 Å². The SMILES string of the molecule is C[S+](C)C.O=[PH2][O-]. The zero-order valence-corrected chi connectivity index (χ0v) is 6.77. The predicted octanol–water partition coefficient (Wildman–Crippen LogP) is -0.488. The molecule has 0 aromatic heterocycles. The third kappa shape index (κ3) is 462. The zero-order valence-electron chi connectivity index (χ0n) is 4.80. The summed E-state index contributed by atoms with van der Waals surface area (Å²) in [7, 11) is -1.11. The first-order chi connectivity index (χ1) is 3.15. The van der Waals surface area contributed by atoms with Gasteiger partial charge < -0.3 is 9.46 Å². The van der Waals surface area contributed by atoms with Gasteiger partial charge in [0.25, 0.3) is 0 Å². The highest BCUT2D eigenvalue weighted by Crippen LogP contribution is 1.63. The van der Waals surface area contributed by atoms with Crippen LogP contribution in [-0.2, 0) is 15.5 Å². The van der Waals surface area contributed by atoms with Crippen molar-refractivity contribution in [3.63, 3.8) is 0 Å². The molecular weight excluding hydrogens is 131 g/mol. The normalized spacial score (nSPS) is 9.29. The molecule has 0 aliphatic carbocycles. The Morgan fingerprint density at radius 3 is 1.43 bits per heavy atom. The lowest BCUT2D eigenvalue weighted by Crippen LogP contribution is -1.84. The zero-order chi connectivity index (χ0) is 6.28. The first-order valence-corrected chi connectivity index (χ1v) is 5.09. The molecule has 0 amide bonds. The van der Waals surface area contributed by atoms with Crippen LogP contribution in [0.1, 0.15) is 0 Å². The highest BCUT2D eigenvalue weighted by molar-refractivity contribution is 7.94. The summed E-state index contributed by atoms with van der Waals surface area (Å²) < 4.78 is 8.46. The molecular formula is C3H11O2PS. The van der Waals surface area contributed by atoms with Crippen LogP contribution in [0.2, 0.25) is 0 Å². The molecule has 1 atom stereocenters. The Bertz CT molecular complexity index is 37.2. The summed E-state index contributed by atoms with van der Waals surface area (Å²) >= 11 is 0. The molecule has 0 fully saturated rings. The van der Waals surface area contributed by atoms with Gasteiger partial charge in [0, 0.05) is 0 Å². The molecule has 4 heteroatoms. The van der Waals surface area contributed by atoms with Gasteiger partial charge in [-0.05, 0) is 19.6 Å². The average molecular weight is 142 g/mol. The van der Waals surface area contributed by atoms with E-state index in [4.69, 9.17) is 9.46 Å². The summed E-state index contributed by atoms with van der Waals surface area (Å²) in [4.78, 5) is 8.46. The number of rotatable bonds is 0. The number of hydrogen-bond acceptors (Lipinski definition) is 2. The molecule has 0 heterocycles. The van der Waals surface area contributed by atoms with E-state index < -0.39 is 8.69 Å². The van der Waals surface area contributed by atoms with E-state index in [0.717, 1.165) is 0 Å². The molecule has 0 aliphatic rings. The standard InChI is InChI=1S/C3H9S.H3O2P/c1-4(2)3;1-3-2/h1-3H3;3H2,(H,1,2)/q+1;/p-1. The fraction of sp³-hybridized carbons (Fsp3) is 1.00. The molecule has 0 bridgehead atoms. The summed E-state index contributed by atoms with van der Waals surface area (Å²) in [5.41, 5.74) is 0. The summed E-state index contributed by atoms with van der Waals surface area (Å²) in [5.74, 6) is 0. The lowest BCUT2D eigenvalue weighted by Gasteiger charge is -1.69. The van der Waals surface area contributed by atoms with E-state index in [2.05, 4.69) is 18.8 Å². The largest absolute Gasteiger partial charge is 0.804 e. The topological polar surface area (TPSA) is 40.1 Å². The van der Waals surface area contributed by atoms with Gasteiger partial charge in [0.1, 0.15) is 0 Å². The molecule has 0 saturated carbocycles. The minimum Gasteiger partial charge on any atom is -0.804 e. The summed E-state index contributed by atoms with van der Waals surface area (Å²) in [6.07, 6.45) is 6.58. The smallest absolute Gasteiger partial charge is 0.0969 e. The van der Waals surface area contributed by atoms with Crippen molar-refractivity contribution in [3.05, 3.63) is 0 Å². The van der Waals surface area contributed by atoms with Crippen LogP contribution in [0.5, 0.6) is 0 Å². The summed E-state index contributed by atoms with van der Waals surface area (Å²) in [6, 6.07) is 0. The Morgan fingerprint density at radius 2 is 1.43 bits per heavy atom. The first kappa shape index (κ1) is 10.5. The molecule has 2 nitrogen and oxygen atoms in total. The van der Waals surface area contributed by atoms with Gasteiger partial charge in [0.15, 0.2) is 0 Å². The second-order valence-corrected chi connectivity index (χ2v) is 3.96. The van der Waals surface area contributed by atoms with Crippen molar-refractivity contribution in [2.45, 2.75) is 0 Å². The fourth-order valence-corrected chi connectivity index (χ4v) is 0. The van der Waals surface area contributed by atoms with Gasteiger partial charge in [-0.15, -0.1) is 0 Å². The highest BCUT2D eigenvalue weighted by Gasteiger charge is 1.77. The van der Waals surface area contributed by atoms with Crippen LogP contribution in [0.4, 0.5) is 0 Å². The minimum absolute atomic E-state index is 0.639. The van der Waals surface area contributed by atoms with Crippen LogP contribution in [0.3, 0.4) is 0 Å². The minimum atomic E-state index is -1.75. The summed E-state index contributed by atoms with van der Waals surface area (Å²) in [6.45, 7) is 0. The molecule has 0 aliphatic heterocycles. The van der Waals surface area contributed by atoms with Crippen LogP contribution < -0.4 is 4.89 Å². The first-order valence-electron chi connectivity index (χ1n) is 1.70. The predicted molar refractivity (Wildman–Crippen MR) is 35.5 cm³/mol. The lowest BCUT2D eigenvalue weighted by atomic mass is 11.9. The van der Waals surface area contributed by atoms with Gasteiger partial charge in [-0.25, -0.2) is 0 Å². The van der Waals surface area contributed by atoms with Crippen molar-refractivity contribution in [2.24, 2.45) is 0 Å². The van der Waals surface area contributed by atoms with Crippen LogP contribution in [0, 0.1) is 0 Å². The Balaban J connectivity index is 0. The van der Waals surface area contributed by atoms with Crippen LogP contribution >= 0.6 is 8.69 Å². The Kier molecular flexibility index (Phi) is 14.6. The maximum atomic E-state index is 8.46. The maximum Gasteiger partial charge on any atom is 0.0969 e. The third-order valence-corrected chi connectivity index (χ3v) is 0. The Morgan fingerprint density at radius 1 is 1.43 bits per heavy atom. The van der Waals surface area contributed by atoms with Crippen LogP contribution in [-0.4, -0.2) is 18.8 Å². The second-order valence-electron chi connectivity index (χ2n) is 1.32. The molecule has 46 valence electrons. The molecule has 0 radical (unpaired) electrons. The monoisotopic (exact) mass is 142 g/mol. The molecule has 7 heavy (non-hydrogen) atoms. The van der Waals surface area contributed by atoms with Crippen molar-refractivity contribution < 1.29 is 9.46 Å². The molecule has 0 rings (SSSR count). The van der Waals surface area contributed by atoms with Gasteiger partial charge in [-0.3, -0.25) is 0 Å². The fourth-order valence-electron chi connectivity index (χ4n) is 0. The molecule has 0 saturated heterocycles. The summed E-state index contributed by atoms with van der Waals surface area (Å²) in [5, 5.41) is 0.